The number of rotatable bonds is 6. The van der Waals surface area contributed by atoms with Gasteiger partial charge in [-0.15, -0.1) is 11.3 Å². The zero-order chi connectivity index (χ0) is 21.2. The smallest absolute Gasteiger partial charge is 0.257 e. The van der Waals surface area contributed by atoms with Crippen LogP contribution >= 0.6 is 11.3 Å². The van der Waals surface area contributed by atoms with Crippen LogP contribution in [-0.4, -0.2) is 25.9 Å². The molecule has 2 N–H and O–H groups in total. The number of hydrogen-bond donors (Lipinski definition) is 2. The van der Waals surface area contributed by atoms with Crippen molar-refractivity contribution in [3.05, 3.63) is 64.0 Å². The molecule has 0 radical (unpaired) electrons. The number of amides is 1. The van der Waals surface area contributed by atoms with E-state index in [9.17, 15) is 13.2 Å². The van der Waals surface area contributed by atoms with Crippen LogP contribution in [0.3, 0.4) is 0 Å². The third-order valence-electron chi connectivity index (χ3n) is 4.48. The second-order valence-electron chi connectivity index (χ2n) is 6.79. The van der Waals surface area contributed by atoms with Crippen LogP contribution in [0, 0.1) is 20.8 Å². The Hall–Kier alpha value is -2.55. The summed E-state index contributed by atoms with van der Waals surface area (Å²) in [5, 5.41) is 5.14. The Morgan fingerprint density at radius 2 is 1.83 bits per heavy atom. The molecule has 0 bridgehead atoms. The lowest BCUT2D eigenvalue weighted by Crippen LogP contribution is -2.24. The molecule has 0 aliphatic heterocycles. The van der Waals surface area contributed by atoms with Crippen molar-refractivity contribution in [2.24, 2.45) is 0 Å². The Morgan fingerprint density at radius 1 is 1.07 bits per heavy atom. The summed E-state index contributed by atoms with van der Waals surface area (Å²) >= 11 is 1.33. The Bertz CT molecular complexity index is 1170. The van der Waals surface area contributed by atoms with E-state index in [0.29, 0.717) is 16.3 Å². The third kappa shape index (κ3) is 4.72. The lowest BCUT2D eigenvalue weighted by molar-refractivity contribution is 0.102. The Kier molecular flexibility index (Phi) is 6.16. The lowest BCUT2D eigenvalue weighted by atomic mass is 10.0. The maximum absolute atomic E-state index is 12.8. The van der Waals surface area contributed by atoms with Crippen molar-refractivity contribution < 1.29 is 13.2 Å². The van der Waals surface area contributed by atoms with Crippen molar-refractivity contribution in [3.63, 3.8) is 0 Å². The first-order valence-electron chi connectivity index (χ1n) is 9.16. The van der Waals surface area contributed by atoms with Gasteiger partial charge in [0, 0.05) is 23.1 Å². The second-order valence-corrected chi connectivity index (χ2v) is 9.41. The maximum atomic E-state index is 12.8. The number of aryl methyl sites for hydroxylation is 3. The van der Waals surface area contributed by atoms with Crippen LogP contribution in [0.5, 0.6) is 0 Å². The summed E-state index contributed by atoms with van der Waals surface area (Å²) in [7, 11) is -3.64. The molecule has 1 heterocycles. The molecule has 0 saturated carbocycles. The lowest BCUT2D eigenvalue weighted by Gasteiger charge is -2.09. The molecule has 152 valence electrons. The quantitative estimate of drug-likeness (QED) is 0.612. The molecular formula is C21H23N3O3S2. The minimum Gasteiger partial charge on any atom is -0.298 e. The first kappa shape index (κ1) is 21.2. The molecule has 2 aromatic carbocycles. The molecule has 0 aliphatic rings. The number of anilines is 1. The van der Waals surface area contributed by atoms with Crippen LogP contribution in [0.1, 0.15) is 34.0 Å². The molecule has 29 heavy (non-hydrogen) atoms. The van der Waals surface area contributed by atoms with E-state index >= 15 is 0 Å². The molecule has 0 spiro atoms. The molecule has 6 nitrogen and oxygen atoms in total. The fourth-order valence-electron chi connectivity index (χ4n) is 3.01. The minimum atomic E-state index is -3.64. The molecule has 0 aliphatic carbocycles. The van der Waals surface area contributed by atoms with Crippen LogP contribution < -0.4 is 10.0 Å². The van der Waals surface area contributed by atoms with E-state index in [1.807, 2.05) is 31.4 Å². The van der Waals surface area contributed by atoms with Gasteiger partial charge in [0.25, 0.3) is 5.91 Å². The van der Waals surface area contributed by atoms with Gasteiger partial charge >= 0.3 is 0 Å². The maximum Gasteiger partial charge on any atom is 0.257 e. The molecule has 1 aromatic heterocycles. The number of sulfonamides is 1. The van der Waals surface area contributed by atoms with Gasteiger partial charge in [0.2, 0.25) is 10.0 Å². The van der Waals surface area contributed by atoms with Crippen LogP contribution in [0.2, 0.25) is 0 Å². The average molecular weight is 430 g/mol. The number of aromatic nitrogens is 1. The van der Waals surface area contributed by atoms with Crippen LogP contribution in [0.25, 0.3) is 11.3 Å². The first-order chi connectivity index (χ1) is 13.7. The van der Waals surface area contributed by atoms with Crippen LogP contribution in [-0.2, 0) is 10.0 Å². The average Bonchev–Trinajstić information content (AvgIpc) is 3.09. The highest BCUT2D eigenvalue weighted by Gasteiger charge is 2.18. The van der Waals surface area contributed by atoms with Gasteiger partial charge in [-0.3, -0.25) is 10.1 Å². The SMILES string of the molecule is CCNS(=O)(=O)c1ccc(C)c(C(=O)Nc2nc(-c3ccc(C)cc3C)cs2)c1. The van der Waals surface area contributed by atoms with Gasteiger partial charge in [0.15, 0.2) is 5.13 Å². The van der Waals surface area contributed by atoms with Crippen LogP contribution in [0.4, 0.5) is 5.13 Å². The molecular weight excluding hydrogens is 406 g/mol. The molecule has 3 rings (SSSR count). The number of nitrogens with one attached hydrogen (secondary N) is 2. The summed E-state index contributed by atoms with van der Waals surface area (Å²) in [6.45, 7) is 7.81. The van der Waals surface area contributed by atoms with E-state index in [-0.39, 0.29) is 11.4 Å². The van der Waals surface area contributed by atoms with E-state index < -0.39 is 15.9 Å². The van der Waals surface area contributed by atoms with Gasteiger partial charge in [-0.25, -0.2) is 18.1 Å². The highest BCUT2D eigenvalue weighted by molar-refractivity contribution is 7.89. The van der Waals surface area contributed by atoms with Crippen molar-refractivity contribution in [3.8, 4) is 11.3 Å². The number of benzene rings is 2. The summed E-state index contributed by atoms with van der Waals surface area (Å²) in [6, 6.07) is 10.6. The Labute approximate surface area is 175 Å². The van der Waals surface area contributed by atoms with Gasteiger partial charge in [-0.2, -0.15) is 0 Å². The van der Waals surface area contributed by atoms with Gasteiger partial charge in [0.1, 0.15) is 0 Å². The number of carbonyl (C=O) groups is 1. The third-order valence-corrected chi connectivity index (χ3v) is 6.78. The topological polar surface area (TPSA) is 88.2 Å². The minimum absolute atomic E-state index is 0.0604. The molecule has 8 heteroatoms. The predicted molar refractivity (Wildman–Crippen MR) is 117 cm³/mol. The fraction of sp³-hybridized carbons (Fsp3) is 0.238. The molecule has 0 unspecified atom stereocenters. The number of hydrogen-bond acceptors (Lipinski definition) is 5. The molecule has 1 amide bonds. The summed E-state index contributed by atoms with van der Waals surface area (Å²) in [4.78, 5) is 17.4. The molecule has 0 atom stereocenters. The normalized spacial score (nSPS) is 11.4. The van der Waals surface area contributed by atoms with E-state index in [2.05, 4.69) is 21.1 Å². The van der Waals surface area contributed by atoms with Gasteiger partial charge in [0.05, 0.1) is 10.6 Å². The standard InChI is InChI=1S/C21H23N3O3S2/c1-5-22-29(26,27)16-8-7-14(3)18(11-16)20(25)24-21-23-19(12-28-21)17-9-6-13(2)10-15(17)4/h6-12,22H,5H2,1-4H3,(H,23,24,25). The van der Waals surface area contributed by atoms with Crippen LogP contribution in [0.15, 0.2) is 46.7 Å². The summed E-state index contributed by atoms with van der Waals surface area (Å²) in [5.74, 6) is -0.391. The summed E-state index contributed by atoms with van der Waals surface area (Å²) in [6.07, 6.45) is 0. The summed E-state index contributed by atoms with van der Waals surface area (Å²) < 4.78 is 26.9. The highest BCUT2D eigenvalue weighted by atomic mass is 32.2. The van der Waals surface area contributed by atoms with Crippen molar-refractivity contribution >= 4 is 32.4 Å². The Morgan fingerprint density at radius 3 is 2.52 bits per heavy atom. The van der Waals surface area contributed by atoms with E-state index in [0.717, 1.165) is 16.8 Å². The number of thiazole rings is 1. The van der Waals surface area contributed by atoms with Crippen molar-refractivity contribution in [1.29, 1.82) is 0 Å². The van der Waals surface area contributed by atoms with E-state index in [1.165, 1.54) is 29.0 Å². The monoisotopic (exact) mass is 429 g/mol. The zero-order valence-corrected chi connectivity index (χ0v) is 18.4. The first-order valence-corrected chi connectivity index (χ1v) is 11.5. The number of nitrogens with zero attached hydrogens (tertiary/aromatic N) is 1. The zero-order valence-electron chi connectivity index (χ0n) is 16.7. The molecule has 0 fully saturated rings. The predicted octanol–water partition coefficient (Wildman–Crippen LogP) is 4.29. The number of carbonyl (C=O) groups excluding carboxylic acids is 1. The van der Waals surface area contributed by atoms with Crippen molar-refractivity contribution in [1.82, 2.24) is 9.71 Å². The van der Waals surface area contributed by atoms with E-state index in [1.54, 1.807) is 19.9 Å². The summed E-state index contributed by atoms with van der Waals surface area (Å²) in [5.41, 5.74) is 5.09. The largest absolute Gasteiger partial charge is 0.298 e. The van der Waals surface area contributed by atoms with Crippen molar-refractivity contribution in [2.45, 2.75) is 32.6 Å². The second kappa shape index (κ2) is 8.44. The van der Waals surface area contributed by atoms with E-state index in [4.69, 9.17) is 0 Å². The fourth-order valence-corrected chi connectivity index (χ4v) is 4.78. The van der Waals surface area contributed by atoms with Crippen molar-refractivity contribution in [2.75, 3.05) is 11.9 Å². The Balaban J connectivity index is 1.85. The molecule has 3 aromatic rings. The van der Waals surface area contributed by atoms with Gasteiger partial charge in [-0.1, -0.05) is 36.8 Å². The molecule has 0 saturated heterocycles. The van der Waals surface area contributed by atoms with Gasteiger partial charge in [-0.05, 0) is 44.0 Å². The highest BCUT2D eigenvalue weighted by Crippen LogP contribution is 2.28. The van der Waals surface area contributed by atoms with Gasteiger partial charge < -0.3 is 0 Å².